The Balaban J connectivity index is 2.92. The van der Waals surface area contributed by atoms with Gasteiger partial charge in [-0.25, -0.2) is 8.42 Å². The van der Waals surface area contributed by atoms with Crippen molar-refractivity contribution in [2.24, 2.45) is 5.92 Å². The summed E-state index contributed by atoms with van der Waals surface area (Å²) in [7, 11) is -3.80. The summed E-state index contributed by atoms with van der Waals surface area (Å²) < 4.78 is 32.9. The number of halogens is 1. The molecule has 1 rings (SSSR count). The largest absolute Gasteiger partial charge is 0.460 e. The lowest BCUT2D eigenvalue weighted by Crippen LogP contribution is -2.45. The SMILES string of the molecule is C=C(C)COC(=O)[C@@H](NS(=O)(=O)c1ccc(Br)cc1)C(C)C. The van der Waals surface area contributed by atoms with Crippen molar-refractivity contribution >= 4 is 31.9 Å². The van der Waals surface area contributed by atoms with Gasteiger partial charge in [0, 0.05) is 4.47 Å². The van der Waals surface area contributed by atoms with Crippen LogP contribution in [0.2, 0.25) is 0 Å². The van der Waals surface area contributed by atoms with Gasteiger partial charge < -0.3 is 4.74 Å². The van der Waals surface area contributed by atoms with E-state index in [0.29, 0.717) is 5.57 Å². The molecule has 7 heteroatoms. The molecule has 0 aliphatic carbocycles. The van der Waals surface area contributed by atoms with Crippen LogP contribution in [0.1, 0.15) is 20.8 Å². The first kappa shape index (κ1) is 18.9. The van der Waals surface area contributed by atoms with Crippen molar-refractivity contribution in [3.8, 4) is 0 Å². The number of hydrogen-bond acceptors (Lipinski definition) is 4. The van der Waals surface area contributed by atoms with Gasteiger partial charge >= 0.3 is 5.97 Å². The summed E-state index contributed by atoms with van der Waals surface area (Å²) in [5.41, 5.74) is 0.687. The fourth-order valence-corrected chi connectivity index (χ4v) is 3.19. The van der Waals surface area contributed by atoms with Crippen LogP contribution in [0.25, 0.3) is 0 Å². The minimum absolute atomic E-state index is 0.0715. The Morgan fingerprint density at radius 3 is 2.32 bits per heavy atom. The number of sulfonamides is 1. The molecule has 0 fully saturated rings. The highest BCUT2D eigenvalue weighted by molar-refractivity contribution is 9.10. The van der Waals surface area contributed by atoms with Gasteiger partial charge in [0.2, 0.25) is 10.0 Å². The number of ether oxygens (including phenoxy) is 1. The zero-order valence-electron chi connectivity index (χ0n) is 12.8. The average Bonchev–Trinajstić information content (AvgIpc) is 2.42. The maximum atomic E-state index is 12.3. The molecule has 0 saturated heterocycles. The van der Waals surface area contributed by atoms with E-state index in [0.717, 1.165) is 4.47 Å². The molecule has 0 unspecified atom stereocenters. The average molecular weight is 390 g/mol. The van der Waals surface area contributed by atoms with Gasteiger partial charge in [-0.2, -0.15) is 4.72 Å². The Bertz CT molecular complexity index is 638. The maximum absolute atomic E-state index is 12.3. The monoisotopic (exact) mass is 389 g/mol. The molecule has 1 aromatic rings. The van der Waals surface area contributed by atoms with E-state index in [9.17, 15) is 13.2 Å². The molecule has 0 heterocycles. The molecule has 1 atom stereocenters. The second-order valence-corrected chi connectivity index (χ2v) is 7.99. The molecule has 0 saturated carbocycles. The molecule has 0 radical (unpaired) electrons. The van der Waals surface area contributed by atoms with E-state index in [1.807, 2.05) is 0 Å². The minimum atomic E-state index is -3.80. The van der Waals surface area contributed by atoms with Gasteiger partial charge in [-0.3, -0.25) is 4.79 Å². The molecule has 0 spiro atoms. The van der Waals surface area contributed by atoms with E-state index in [4.69, 9.17) is 4.74 Å². The van der Waals surface area contributed by atoms with Crippen molar-refractivity contribution in [2.45, 2.75) is 31.7 Å². The Kier molecular flexibility index (Phi) is 6.77. The van der Waals surface area contributed by atoms with E-state index in [1.165, 1.54) is 12.1 Å². The highest BCUT2D eigenvalue weighted by Gasteiger charge is 2.29. The molecule has 22 heavy (non-hydrogen) atoms. The predicted octanol–water partition coefficient (Wildman–Crippen LogP) is 2.87. The summed E-state index contributed by atoms with van der Waals surface area (Å²) >= 11 is 3.25. The molecule has 5 nitrogen and oxygen atoms in total. The van der Waals surface area contributed by atoms with Gasteiger partial charge in [0.15, 0.2) is 0 Å². The van der Waals surface area contributed by atoms with Crippen molar-refractivity contribution in [2.75, 3.05) is 6.61 Å². The number of rotatable bonds is 7. The molecule has 1 aromatic carbocycles. The normalized spacial score (nSPS) is 13.0. The first-order valence-corrected chi connectivity index (χ1v) is 9.00. The van der Waals surface area contributed by atoms with Gasteiger partial charge in [-0.1, -0.05) is 36.4 Å². The van der Waals surface area contributed by atoms with Crippen molar-refractivity contribution in [1.29, 1.82) is 0 Å². The number of carbonyl (C=O) groups is 1. The lowest BCUT2D eigenvalue weighted by molar-refractivity contribution is -0.145. The Morgan fingerprint density at radius 1 is 1.32 bits per heavy atom. The summed E-state index contributed by atoms with van der Waals surface area (Å²) in [6.07, 6.45) is 0. The van der Waals surface area contributed by atoms with Gasteiger partial charge in [0.25, 0.3) is 0 Å². The molecular weight excluding hydrogens is 370 g/mol. The number of hydrogen-bond donors (Lipinski definition) is 1. The van der Waals surface area contributed by atoms with E-state index in [1.54, 1.807) is 32.9 Å². The van der Waals surface area contributed by atoms with Gasteiger partial charge in [-0.15, -0.1) is 0 Å². The molecular formula is C15H20BrNO4S. The maximum Gasteiger partial charge on any atom is 0.324 e. The topological polar surface area (TPSA) is 72.5 Å². The summed E-state index contributed by atoms with van der Waals surface area (Å²) in [5, 5.41) is 0. The van der Waals surface area contributed by atoms with E-state index in [-0.39, 0.29) is 17.4 Å². The van der Waals surface area contributed by atoms with Crippen LogP contribution in [0.15, 0.2) is 45.8 Å². The van der Waals surface area contributed by atoms with E-state index in [2.05, 4.69) is 27.2 Å². The lowest BCUT2D eigenvalue weighted by Gasteiger charge is -2.21. The van der Waals surface area contributed by atoms with Crippen molar-refractivity contribution < 1.29 is 17.9 Å². The van der Waals surface area contributed by atoms with Crippen LogP contribution in [-0.2, 0) is 19.6 Å². The highest BCUT2D eigenvalue weighted by Crippen LogP contribution is 2.16. The van der Waals surface area contributed by atoms with Crippen molar-refractivity contribution in [3.63, 3.8) is 0 Å². The smallest absolute Gasteiger partial charge is 0.324 e. The van der Waals surface area contributed by atoms with Crippen LogP contribution in [0.4, 0.5) is 0 Å². The fourth-order valence-electron chi connectivity index (χ4n) is 1.59. The van der Waals surface area contributed by atoms with Crippen LogP contribution in [-0.4, -0.2) is 27.0 Å². The quantitative estimate of drug-likeness (QED) is 0.574. The van der Waals surface area contributed by atoms with Crippen molar-refractivity contribution in [3.05, 3.63) is 40.9 Å². The molecule has 0 aliphatic rings. The highest BCUT2D eigenvalue weighted by atomic mass is 79.9. The van der Waals surface area contributed by atoms with Crippen LogP contribution in [0.3, 0.4) is 0 Å². The third-order valence-electron chi connectivity index (χ3n) is 2.79. The summed E-state index contributed by atoms with van der Waals surface area (Å²) in [4.78, 5) is 12.1. The number of nitrogens with one attached hydrogen (secondary N) is 1. The molecule has 0 amide bonds. The number of benzene rings is 1. The van der Waals surface area contributed by atoms with Gasteiger partial charge in [-0.05, 0) is 42.7 Å². The first-order valence-electron chi connectivity index (χ1n) is 6.72. The molecule has 1 N–H and O–H groups in total. The summed E-state index contributed by atoms with van der Waals surface area (Å²) in [6, 6.07) is 5.22. The Morgan fingerprint density at radius 2 is 1.86 bits per heavy atom. The second-order valence-electron chi connectivity index (χ2n) is 5.36. The second kappa shape index (κ2) is 7.89. The van der Waals surface area contributed by atoms with Gasteiger partial charge in [0.1, 0.15) is 12.6 Å². The van der Waals surface area contributed by atoms with Gasteiger partial charge in [0.05, 0.1) is 4.90 Å². The molecule has 0 bridgehead atoms. The van der Waals surface area contributed by atoms with Crippen LogP contribution in [0, 0.1) is 5.92 Å². The first-order chi connectivity index (χ1) is 10.1. The fraction of sp³-hybridized carbons (Fsp3) is 0.400. The number of carbonyl (C=O) groups excluding carboxylic acids is 1. The van der Waals surface area contributed by atoms with Crippen molar-refractivity contribution in [1.82, 2.24) is 4.72 Å². The van der Waals surface area contributed by atoms with Crippen LogP contribution < -0.4 is 4.72 Å². The van der Waals surface area contributed by atoms with Crippen LogP contribution in [0.5, 0.6) is 0 Å². The standard InChI is InChI=1S/C15H20BrNO4S/c1-10(2)9-21-15(18)14(11(3)4)17-22(19,20)13-7-5-12(16)6-8-13/h5-8,11,14,17H,1,9H2,2-4H3/t14-/m0/s1. The Hall–Kier alpha value is -1.18. The molecule has 0 aromatic heterocycles. The lowest BCUT2D eigenvalue weighted by atomic mass is 10.1. The Labute approximate surface area is 139 Å². The third kappa shape index (κ3) is 5.55. The number of esters is 1. The summed E-state index contributed by atoms with van der Waals surface area (Å²) in [6.45, 7) is 8.93. The molecule has 0 aliphatic heterocycles. The predicted molar refractivity (Wildman–Crippen MR) is 88.9 cm³/mol. The minimum Gasteiger partial charge on any atom is -0.460 e. The molecule has 122 valence electrons. The zero-order chi connectivity index (χ0) is 16.9. The zero-order valence-corrected chi connectivity index (χ0v) is 15.2. The third-order valence-corrected chi connectivity index (χ3v) is 4.77. The van der Waals surface area contributed by atoms with E-state index >= 15 is 0 Å². The summed E-state index contributed by atoms with van der Waals surface area (Å²) in [5.74, 6) is -0.860. The van der Waals surface area contributed by atoms with Crippen LogP contribution >= 0.6 is 15.9 Å². The van der Waals surface area contributed by atoms with E-state index < -0.39 is 22.0 Å².